The first kappa shape index (κ1) is 14.6. The molecule has 0 aromatic heterocycles. The number of fused-ring (bicyclic) bond motifs is 1. The van der Waals surface area contributed by atoms with Crippen LogP contribution in [0.4, 0.5) is 0 Å². The van der Waals surface area contributed by atoms with E-state index in [0.29, 0.717) is 18.4 Å². The Hall–Kier alpha value is -1.35. The summed E-state index contributed by atoms with van der Waals surface area (Å²) in [4.78, 5) is 13.7. The van der Waals surface area contributed by atoms with Gasteiger partial charge in [-0.3, -0.25) is 4.79 Å². The molecule has 3 rings (SSSR count). The maximum atomic E-state index is 12.1. The summed E-state index contributed by atoms with van der Waals surface area (Å²) in [6.45, 7) is 2.96. The average molecular weight is 288 g/mol. The number of benzene rings is 1. The maximum Gasteiger partial charge on any atom is 0.306 e. The first-order valence-corrected chi connectivity index (χ1v) is 8.27. The average Bonchev–Trinajstić information content (AvgIpc) is 3.02. The second-order valence-corrected chi connectivity index (χ2v) is 6.57. The Morgan fingerprint density at radius 1 is 1.33 bits per heavy atom. The van der Waals surface area contributed by atoms with Crippen LogP contribution in [-0.2, 0) is 15.1 Å². The molecule has 21 heavy (non-hydrogen) atoms. The van der Waals surface area contributed by atoms with Crippen molar-refractivity contribution >= 4 is 5.97 Å². The number of piperidine rings is 1. The van der Waals surface area contributed by atoms with Crippen LogP contribution in [0.3, 0.4) is 0 Å². The van der Waals surface area contributed by atoms with E-state index >= 15 is 0 Å². The van der Waals surface area contributed by atoms with E-state index in [-0.39, 0.29) is 5.97 Å². The lowest BCUT2D eigenvalue weighted by molar-refractivity contribution is -0.918. The highest BCUT2D eigenvalue weighted by atomic mass is 16.6. The van der Waals surface area contributed by atoms with Gasteiger partial charge in [0.1, 0.15) is 0 Å². The van der Waals surface area contributed by atoms with E-state index in [0.717, 1.165) is 13.0 Å². The predicted octanol–water partition coefficient (Wildman–Crippen LogP) is 1.92. The van der Waals surface area contributed by atoms with E-state index in [9.17, 15) is 4.79 Å². The van der Waals surface area contributed by atoms with Crippen LogP contribution in [0.15, 0.2) is 30.3 Å². The topological polar surface area (TPSA) is 30.7 Å². The summed E-state index contributed by atoms with van der Waals surface area (Å²) in [7, 11) is 2.29. The molecule has 0 bridgehead atoms. The van der Waals surface area contributed by atoms with Gasteiger partial charge in [0.25, 0.3) is 0 Å². The summed E-state index contributed by atoms with van der Waals surface area (Å²) in [5.74, 6) is 0.396. The standard InChI is InChI=1S/C18H25NO2/c1-3-17(20)21-18(14-8-5-4-6-9-14)12-13-19(2)16-11-7-10-15(16)18/h4-6,8-9,15-16H,3,7,10-13H2,1-2H3/p+1/t15-,16+,18+/m0/s1. The summed E-state index contributed by atoms with van der Waals surface area (Å²) < 4.78 is 6.12. The molecule has 1 saturated carbocycles. The minimum Gasteiger partial charge on any atom is -0.453 e. The minimum atomic E-state index is -0.394. The summed E-state index contributed by atoms with van der Waals surface area (Å²) in [6.07, 6.45) is 5.08. The van der Waals surface area contributed by atoms with Crippen molar-refractivity contribution in [3.63, 3.8) is 0 Å². The van der Waals surface area contributed by atoms with Crippen LogP contribution in [-0.4, -0.2) is 25.6 Å². The number of carbonyl (C=O) groups excluding carboxylic acids is 1. The van der Waals surface area contributed by atoms with Crippen molar-refractivity contribution in [3.05, 3.63) is 35.9 Å². The third-order valence-corrected chi connectivity index (χ3v) is 5.49. The fraction of sp³-hybridized carbons (Fsp3) is 0.611. The number of rotatable bonds is 3. The number of ether oxygens (including phenoxy) is 1. The molecular weight excluding hydrogens is 262 g/mol. The summed E-state index contributed by atoms with van der Waals surface area (Å²) in [5, 5.41) is 0. The van der Waals surface area contributed by atoms with Gasteiger partial charge in [0.2, 0.25) is 0 Å². The zero-order valence-electron chi connectivity index (χ0n) is 13.1. The van der Waals surface area contributed by atoms with Gasteiger partial charge in [0.15, 0.2) is 5.60 Å². The monoisotopic (exact) mass is 288 g/mol. The van der Waals surface area contributed by atoms with Gasteiger partial charge in [-0.25, -0.2) is 0 Å². The Bertz CT molecular complexity index is 501. The molecule has 1 aliphatic carbocycles. The van der Waals surface area contributed by atoms with E-state index < -0.39 is 5.60 Å². The zero-order valence-corrected chi connectivity index (χ0v) is 13.1. The van der Waals surface area contributed by atoms with Crippen molar-refractivity contribution in [2.45, 2.75) is 50.7 Å². The van der Waals surface area contributed by atoms with Crippen LogP contribution in [0.2, 0.25) is 0 Å². The number of hydrogen-bond acceptors (Lipinski definition) is 2. The van der Waals surface area contributed by atoms with Crippen LogP contribution < -0.4 is 4.90 Å². The van der Waals surface area contributed by atoms with Crippen LogP contribution in [0.25, 0.3) is 0 Å². The highest BCUT2D eigenvalue weighted by molar-refractivity contribution is 5.69. The fourth-order valence-corrected chi connectivity index (χ4v) is 4.40. The minimum absolute atomic E-state index is 0.0657. The molecule has 1 unspecified atom stereocenters. The first-order chi connectivity index (χ1) is 10.2. The zero-order chi connectivity index (χ0) is 14.9. The summed E-state index contributed by atoms with van der Waals surface area (Å²) >= 11 is 0. The largest absolute Gasteiger partial charge is 0.453 e. The van der Waals surface area contributed by atoms with Gasteiger partial charge in [-0.1, -0.05) is 37.3 Å². The van der Waals surface area contributed by atoms with Gasteiger partial charge in [-0.15, -0.1) is 0 Å². The van der Waals surface area contributed by atoms with Crippen LogP contribution in [0.5, 0.6) is 0 Å². The van der Waals surface area contributed by atoms with Gasteiger partial charge >= 0.3 is 5.97 Å². The van der Waals surface area contributed by atoms with E-state index in [1.807, 2.05) is 13.0 Å². The third kappa shape index (κ3) is 2.48. The smallest absolute Gasteiger partial charge is 0.306 e. The van der Waals surface area contributed by atoms with E-state index in [2.05, 4.69) is 31.3 Å². The van der Waals surface area contributed by atoms with Crippen molar-refractivity contribution < 1.29 is 14.4 Å². The molecule has 2 aliphatic rings. The fourth-order valence-electron chi connectivity index (χ4n) is 4.40. The van der Waals surface area contributed by atoms with Crippen molar-refractivity contribution in [3.8, 4) is 0 Å². The van der Waals surface area contributed by atoms with Gasteiger partial charge in [-0.2, -0.15) is 0 Å². The van der Waals surface area contributed by atoms with Crippen LogP contribution >= 0.6 is 0 Å². The van der Waals surface area contributed by atoms with Crippen LogP contribution in [0, 0.1) is 5.92 Å². The Balaban J connectivity index is 2.02. The lowest BCUT2D eigenvalue weighted by atomic mass is 9.73. The number of esters is 1. The first-order valence-electron chi connectivity index (χ1n) is 8.27. The van der Waals surface area contributed by atoms with E-state index in [4.69, 9.17) is 4.74 Å². The molecule has 0 amide bonds. The Morgan fingerprint density at radius 2 is 2.10 bits per heavy atom. The number of hydrogen-bond donors (Lipinski definition) is 1. The molecule has 1 heterocycles. The molecule has 4 atom stereocenters. The molecule has 1 saturated heterocycles. The van der Waals surface area contributed by atoms with Crippen molar-refractivity contribution in [1.29, 1.82) is 0 Å². The molecule has 2 fully saturated rings. The Morgan fingerprint density at radius 3 is 2.81 bits per heavy atom. The lowest BCUT2D eigenvalue weighted by Crippen LogP contribution is -3.15. The summed E-state index contributed by atoms with van der Waals surface area (Å²) in [5.41, 5.74) is 0.797. The Labute approximate surface area is 127 Å². The summed E-state index contributed by atoms with van der Waals surface area (Å²) in [6, 6.07) is 11.1. The molecule has 114 valence electrons. The van der Waals surface area contributed by atoms with Gasteiger partial charge in [0, 0.05) is 12.8 Å². The van der Waals surface area contributed by atoms with E-state index in [1.165, 1.54) is 24.8 Å². The van der Waals surface area contributed by atoms with Crippen molar-refractivity contribution in [1.82, 2.24) is 0 Å². The molecule has 1 N–H and O–H groups in total. The molecule has 3 nitrogen and oxygen atoms in total. The number of quaternary nitrogens is 1. The van der Waals surface area contributed by atoms with E-state index in [1.54, 1.807) is 4.90 Å². The van der Waals surface area contributed by atoms with Gasteiger partial charge in [0.05, 0.1) is 25.6 Å². The molecule has 0 spiro atoms. The Kier molecular flexibility index (Phi) is 4.03. The van der Waals surface area contributed by atoms with Crippen molar-refractivity contribution in [2.75, 3.05) is 13.6 Å². The molecule has 3 heteroatoms. The normalized spacial score (nSPS) is 35.2. The number of carbonyl (C=O) groups is 1. The second kappa shape index (κ2) is 5.80. The lowest BCUT2D eigenvalue weighted by Gasteiger charge is -2.46. The van der Waals surface area contributed by atoms with Crippen LogP contribution in [0.1, 0.15) is 44.6 Å². The molecule has 1 aromatic rings. The highest BCUT2D eigenvalue weighted by Gasteiger charge is 2.55. The van der Waals surface area contributed by atoms with Gasteiger partial charge < -0.3 is 9.64 Å². The predicted molar refractivity (Wildman–Crippen MR) is 82.0 cm³/mol. The highest BCUT2D eigenvalue weighted by Crippen LogP contribution is 2.46. The molecule has 0 radical (unpaired) electrons. The number of nitrogens with one attached hydrogen (secondary N) is 1. The molecule has 1 aliphatic heterocycles. The van der Waals surface area contributed by atoms with Crippen molar-refractivity contribution in [2.24, 2.45) is 5.92 Å². The molecule has 1 aromatic carbocycles. The van der Waals surface area contributed by atoms with Gasteiger partial charge in [-0.05, 0) is 24.8 Å². The quantitative estimate of drug-likeness (QED) is 0.862. The maximum absolute atomic E-state index is 12.1. The number of likely N-dealkylation sites (tertiary alicyclic amines) is 1. The third-order valence-electron chi connectivity index (χ3n) is 5.49. The second-order valence-electron chi connectivity index (χ2n) is 6.57. The molecular formula is C18H26NO2+. The SMILES string of the molecule is CCC(=O)O[C@@]1(c2ccccc2)CC[NH+](C)[C@@H]2CCC[C@@H]21.